The molecular formula is C5H10N2O2. The lowest BCUT2D eigenvalue weighted by Gasteiger charge is -2.37. The van der Waals surface area contributed by atoms with Crippen LogP contribution in [0, 0.1) is 0 Å². The number of carbonyl (C=O) groups is 1. The van der Waals surface area contributed by atoms with Crippen LogP contribution in [0.25, 0.3) is 0 Å². The summed E-state index contributed by atoms with van der Waals surface area (Å²) in [5.74, 6) is 0. The van der Waals surface area contributed by atoms with Gasteiger partial charge in [-0.2, -0.15) is 0 Å². The highest BCUT2D eigenvalue weighted by atomic mass is 16.4. The Hall–Kier alpha value is -0.770. The molecule has 0 unspecified atom stereocenters. The molecule has 0 heterocycles. The van der Waals surface area contributed by atoms with E-state index >= 15 is 0 Å². The normalized spacial score (nSPS) is 22.3. The van der Waals surface area contributed by atoms with Crippen molar-refractivity contribution in [2.75, 3.05) is 0 Å². The van der Waals surface area contributed by atoms with Crippen LogP contribution in [-0.4, -0.2) is 16.9 Å². The van der Waals surface area contributed by atoms with E-state index in [1.54, 1.807) is 0 Å². The minimum absolute atomic E-state index is 0.605. The molecule has 0 aromatic rings. The number of rotatable bonds is 1. The second-order valence-corrected chi connectivity index (χ2v) is 2.44. The van der Waals surface area contributed by atoms with E-state index in [4.69, 9.17) is 10.8 Å². The summed E-state index contributed by atoms with van der Waals surface area (Å²) in [4.78, 5) is 10.0. The lowest BCUT2D eigenvalue weighted by molar-refractivity contribution is 0.148. The average Bonchev–Trinajstić information content (AvgIpc) is 1.60. The van der Waals surface area contributed by atoms with Gasteiger partial charge in [0.25, 0.3) is 0 Å². The molecule has 9 heavy (non-hydrogen) atoms. The summed E-state index contributed by atoms with van der Waals surface area (Å²) in [5.41, 5.74) is 4.91. The van der Waals surface area contributed by atoms with Crippen LogP contribution in [0.5, 0.6) is 0 Å². The Kier molecular flexibility index (Phi) is 1.32. The summed E-state index contributed by atoms with van der Waals surface area (Å²) >= 11 is 0. The highest BCUT2D eigenvalue weighted by Gasteiger charge is 2.33. The second-order valence-electron chi connectivity index (χ2n) is 2.44. The highest BCUT2D eigenvalue weighted by Crippen LogP contribution is 2.25. The van der Waals surface area contributed by atoms with Crippen LogP contribution in [0.3, 0.4) is 0 Å². The second kappa shape index (κ2) is 1.88. The summed E-state index contributed by atoms with van der Waals surface area (Å²) in [6, 6.07) is 0. The fraction of sp³-hybridized carbons (Fsp3) is 0.800. The third-order valence-corrected chi connectivity index (χ3v) is 1.60. The molecular weight excluding hydrogens is 120 g/mol. The van der Waals surface area contributed by atoms with Crippen LogP contribution >= 0.6 is 0 Å². The molecule has 4 nitrogen and oxygen atoms in total. The zero-order chi connectivity index (χ0) is 6.91. The van der Waals surface area contributed by atoms with Crippen molar-refractivity contribution >= 4 is 6.09 Å². The predicted molar refractivity (Wildman–Crippen MR) is 31.9 cm³/mol. The predicted octanol–water partition coefficient (Wildman–Crippen LogP) is 0.0929. The molecule has 0 bridgehead atoms. The maximum atomic E-state index is 10.0. The molecule has 0 spiro atoms. The zero-order valence-corrected chi connectivity index (χ0v) is 5.05. The molecule has 0 atom stereocenters. The van der Waals surface area contributed by atoms with Gasteiger partial charge in [-0.1, -0.05) is 0 Å². The van der Waals surface area contributed by atoms with Crippen molar-refractivity contribution in [3.05, 3.63) is 0 Å². The maximum Gasteiger partial charge on any atom is 0.406 e. The van der Waals surface area contributed by atoms with Crippen molar-refractivity contribution in [2.45, 2.75) is 24.9 Å². The summed E-state index contributed by atoms with van der Waals surface area (Å²) in [6.07, 6.45) is 1.52. The van der Waals surface area contributed by atoms with Crippen molar-refractivity contribution in [1.82, 2.24) is 5.32 Å². The summed E-state index contributed by atoms with van der Waals surface area (Å²) in [5, 5.41) is 10.5. The Labute approximate surface area is 53.0 Å². The van der Waals surface area contributed by atoms with E-state index in [-0.39, 0.29) is 0 Å². The van der Waals surface area contributed by atoms with Crippen molar-refractivity contribution < 1.29 is 9.90 Å². The molecule has 1 aliphatic rings. The number of amides is 1. The van der Waals surface area contributed by atoms with E-state index in [0.717, 1.165) is 19.3 Å². The van der Waals surface area contributed by atoms with Gasteiger partial charge in [-0.15, -0.1) is 0 Å². The quantitative estimate of drug-likeness (QED) is 0.440. The molecule has 52 valence electrons. The monoisotopic (exact) mass is 130 g/mol. The van der Waals surface area contributed by atoms with Gasteiger partial charge in [0.2, 0.25) is 0 Å². The average molecular weight is 130 g/mol. The van der Waals surface area contributed by atoms with Gasteiger partial charge in [-0.3, -0.25) is 0 Å². The van der Waals surface area contributed by atoms with Crippen LogP contribution in [0.4, 0.5) is 4.79 Å². The van der Waals surface area contributed by atoms with Crippen LogP contribution in [-0.2, 0) is 0 Å². The van der Waals surface area contributed by atoms with E-state index in [9.17, 15) is 4.79 Å². The Morgan fingerprint density at radius 2 is 2.22 bits per heavy atom. The molecule has 0 aliphatic heterocycles. The van der Waals surface area contributed by atoms with Crippen LogP contribution in [0.2, 0.25) is 0 Å². The van der Waals surface area contributed by atoms with Crippen molar-refractivity contribution in [2.24, 2.45) is 5.73 Å². The fourth-order valence-corrected chi connectivity index (χ4v) is 0.896. The van der Waals surface area contributed by atoms with E-state index in [2.05, 4.69) is 5.32 Å². The smallest absolute Gasteiger partial charge is 0.406 e. The number of nitrogens with two attached hydrogens (primary N) is 1. The first kappa shape index (κ1) is 6.35. The lowest BCUT2D eigenvalue weighted by Crippen LogP contribution is -2.60. The number of nitrogens with one attached hydrogen (secondary N) is 1. The zero-order valence-electron chi connectivity index (χ0n) is 5.05. The fourth-order valence-electron chi connectivity index (χ4n) is 0.896. The van der Waals surface area contributed by atoms with Gasteiger partial charge >= 0.3 is 6.09 Å². The Morgan fingerprint density at radius 1 is 1.67 bits per heavy atom. The van der Waals surface area contributed by atoms with Crippen LogP contribution in [0.15, 0.2) is 0 Å². The highest BCUT2D eigenvalue weighted by molar-refractivity contribution is 5.65. The summed E-state index contributed by atoms with van der Waals surface area (Å²) in [6.45, 7) is 0. The molecule has 1 rings (SSSR count). The molecule has 4 heteroatoms. The van der Waals surface area contributed by atoms with Gasteiger partial charge in [0, 0.05) is 0 Å². The Morgan fingerprint density at radius 3 is 2.33 bits per heavy atom. The lowest BCUT2D eigenvalue weighted by atomic mass is 9.86. The van der Waals surface area contributed by atoms with E-state index < -0.39 is 11.8 Å². The molecule has 0 saturated heterocycles. The van der Waals surface area contributed by atoms with E-state index in [0.29, 0.717) is 0 Å². The minimum atomic E-state index is -1.03. The van der Waals surface area contributed by atoms with Crippen LogP contribution < -0.4 is 11.1 Å². The first-order valence-electron chi connectivity index (χ1n) is 2.92. The minimum Gasteiger partial charge on any atom is -0.465 e. The molecule has 1 saturated carbocycles. The topological polar surface area (TPSA) is 75.3 Å². The van der Waals surface area contributed by atoms with Gasteiger partial charge in [0.1, 0.15) is 0 Å². The van der Waals surface area contributed by atoms with Gasteiger partial charge in [-0.05, 0) is 19.3 Å². The molecule has 4 N–H and O–H groups in total. The van der Waals surface area contributed by atoms with Crippen LogP contribution in [0.1, 0.15) is 19.3 Å². The number of hydrogen-bond acceptors (Lipinski definition) is 2. The number of carboxylic acid groups (broad SMARTS) is 1. The van der Waals surface area contributed by atoms with Gasteiger partial charge < -0.3 is 16.2 Å². The van der Waals surface area contributed by atoms with Crippen molar-refractivity contribution in [3.8, 4) is 0 Å². The first-order chi connectivity index (χ1) is 4.12. The molecule has 0 aromatic carbocycles. The molecule has 0 radical (unpaired) electrons. The molecule has 1 fully saturated rings. The third kappa shape index (κ3) is 1.32. The standard InChI is InChI=1S/C5H10N2O2/c6-5(2-1-3-5)7-4(8)9/h7H,1-3,6H2,(H,8,9). The maximum absolute atomic E-state index is 10.0. The Bertz CT molecular complexity index is 131. The molecule has 0 aromatic heterocycles. The van der Waals surface area contributed by atoms with Gasteiger partial charge in [-0.25, -0.2) is 4.79 Å². The summed E-state index contributed by atoms with van der Waals surface area (Å²) < 4.78 is 0. The third-order valence-electron chi connectivity index (χ3n) is 1.60. The van der Waals surface area contributed by atoms with E-state index in [1.807, 2.05) is 0 Å². The van der Waals surface area contributed by atoms with E-state index in [1.165, 1.54) is 0 Å². The number of hydrogen-bond donors (Lipinski definition) is 3. The van der Waals surface area contributed by atoms with Crippen molar-refractivity contribution in [3.63, 3.8) is 0 Å². The van der Waals surface area contributed by atoms with Crippen molar-refractivity contribution in [1.29, 1.82) is 0 Å². The largest absolute Gasteiger partial charge is 0.465 e. The van der Waals surface area contributed by atoms with Gasteiger partial charge in [0.05, 0.1) is 5.66 Å². The van der Waals surface area contributed by atoms with Gasteiger partial charge in [0.15, 0.2) is 0 Å². The Balaban J connectivity index is 2.33. The molecule has 1 aliphatic carbocycles. The SMILES string of the molecule is NC1(NC(=O)O)CCC1. The first-order valence-corrected chi connectivity index (χ1v) is 2.92. The molecule has 1 amide bonds. The summed E-state index contributed by atoms with van der Waals surface area (Å²) in [7, 11) is 0.